The molecule has 8 nitrogen and oxygen atoms in total. The number of nitrogens with one attached hydrogen (secondary N) is 3. The Kier molecular flexibility index (Phi) is 6.69. The van der Waals surface area contributed by atoms with Crippen LogP contribution in [0.15, 0.2) is 61.1 Å². The Bertz CT molecular complexity index is 983. The van der Waals surface area contributed by atoms with Gasteiger partial charge in [0.1, 0.15) is 11.6 Å². The van der Waals surface area contributed by atoms with Gasteiger partial charge in [-0.2, -0.15) is 0 Å². The van der Waals surface area contributed by atoms with Crippen LogP contribution >= 0.6 is 0 Å². The first-order chi connectivity index (χ1) is 14.4. The van der Waals surface area contributed by atoms with Gasteiger partial charge in [-0.1, -0.05) is 12.1 Å². The number of ether oxygens (including phenoxy) is 1. The van der Waals surface area contributed by atoms with Crippen molar-refractivity contribution in [2.24, 2.45) is 5.73 Å². The van der Waals surface area contributed by atoms with Crippen LogP contribution in [0.3, 0.4) is 0 Å². The maximum atomic E-state index is 12.7. The van der Waals surface area contributed by atoms with E-state index in [1.807, 2.05) is 55.1 Å². The first-order valence-electron chi connectivity index (χ1n) is 9.64. The average Bonchev–Trinajstić information content (AvgIpc) is 3.22. The summed E-state index contributed by atoms with van der Waals surface area (Å²) in [6.45, 7) is 4.50. The van der Waals surface area contributed by atoms with Crippen LogP contribution in [-0.2, 0) is 11.3 Å². The Hall–Kier alpha value is -3.81. The van der Waals surface area contributed by atoms with E-state index in [0.717, 1.165) is 17.1 Å². The Morgan fingerprint density at radius 2 is 2.03 bits per heavy atom. The quantitative estimate of drug-likeness (QED) is 0.321. The zero-order chi connectivity index (χ0) is 21.5. The van der Waals surface area contributed by atoms with Crippen molar-refractivity contribution in [1.82, 2.24) is 9.97 Å². The Morgan fingerprint density at radius 1 is 1.27 bits per heavy atom. The van der Waals surface area contributed by atoms with Gasteiger partial charge in [0, 0.05) is 23.1 Å². The van der Waals surface area contributed by atoms with Gasteiger partial charge in [0.25, 0.3) is 0 Å². The molecule has 1 amide bonds. The molecule has 3 rings (SSSR count). The van der Waals surface area contributed by atoms with E-state index in [1.54, 1.807) is 24.7 Å². The minimum Gasteiger partial charge on any atom is -0.491 e. The summed E-state index contributed by atoms with van der Waals surface area (Å²) in [5, 5.41) is 10.6. The number of nitrogens with two attached hydrogens (primary N) is 1. The molecule has 1 heterocycles. The lowest BCUT2D eigenvalue weighted by Crippen LogP contribution is -2.33. The molecule has 0 spiro atoms. The summed E-state index contributed by atoms with van der Waals surface area (Å²) in [6.07, 6.45) is 3.40. The summed E-state index contributed by atoms with van der Waals surface area (Å²) in [5.41, 5.74) is 8.57. The van der Waals surface area contributed by atoms with Crippen molar-refractivity contribution < 1.29 is 9.53 Å². The highest BCUT2D eigenvalue weighted by molar-refractivity contribution is 5.97. The van der Waals surface area contributed by atoms with Crippen LogP contribution in [0.4, 0.5) is 11.4 Å². The number of carbonyl (C=O) groups excluding carboxylic acids is 1. The average molecular weight is 406 g/mol. The lowest BCUT2D eigenvalue weighted by molar-refractivity contribution is -0.115. The highest BCUT2D eigenvalue weighted by Crippen LogP contribution is 2.20. The van der Waals surface area contributed by atoms with Gasteiger partial charge in [-0.05, 0) is 50.2 Å². The number of H-pyrrole nitrogens is 1. The predicted octanol–water partition coefficient (Wildman–Crippen LogP) is 3.13. The molecule has 1 aromatic heterocycles. The van der Waals surface area contributed by atoms with Crippen molar-refractivity contribution in [2.45, 2.75) is 26.5 Å². The molecular formula is C22H26N6O2. The molecule has 0 radical (unpaired) electrons. The predicted molar refractivity (Wildman–Crippen MR) is 118 cm³/mol. The first-order valence-corrected chi connectivity index (χ1v) is 9.64. The molecule has 0 atom stereocenters. The molecule has 0 saturated heterocycles. The molecule has 156 valence electrons. The summed E-state index contributed by atoms with van der Waals surface area (Å²) >= 11 is 0. The van der Waals surface area contributed by atoms with Crippen LogP contribution in [0.2, 0.25) is 0 Å². The van der Waals surface area contributed by atoms with E-state index in [4.69, 9.17) is 15.9 Å². The van der Waals surface area contributed by atoms with Gasteiger partial charge in [-0.25, -0.2) is 4.98 Å². The fourth-order valence-corrected chi connectivity index (χ4v) is 2.95. The molecule has 8 heteroatoms. The van der Waals surface area contributed by atoms with E-state index in [-0.39, 0.29) is 24.4 Å². The lowest BCUT2D eigenvalue weighted by atomic mass is 10.1. The van der Waals surface area contributed by atoms with Crippen molar-refractivity contribution in [3.8, 4) is 5.75 Å². The van der Waals surface area contributed by atoms with Crippen molar-refractivity contribution in [3.05, 3.63) is 72.3 Å². The molecule has 0 aliphatic carbocycles. The molecule has 5 N–H and O–H groups in total. The number of amides is 1. The third kappa shape index (κ3) is 5.84. The number of aromatic amines is 1. The SMILES string of the molecule is CC(C)Oc1ccc(NC(=O)CN(Cc2cnc[nH]2)c2cccc(C(=N)N)c2)cc1. The first kappa shape index (κ1) is 20.9. The van der Waals surface area contributed by atoms with Gasteiger partial charge < -0.3 is 25.7 Å². The topological polar surface area (TPSA) is 120 Å². The third-order valence-corrected chi connectivity index (χ3v) is 4.28. The van der Waals surface area contributed by atoms with Gasteiger partial charge in [0.2, 0.25) is 5.91 Å². The zero-order valence-electron chi connectivity index (χ0n) is 17.1. The monoisotopic (exact) mass is 406 g/mol. The van der Waals surface area contributed by atoms with Crippen LogP contribution in [0, 0.1) is 5.41 Å². The molecule has 0 aliphatic heterocycles. The fourth-order valence-electron chi connectivity index (χ4n) is 2.95. The minimum atomic E-state index is -0.166. The Balaban J connectivity index is 1.73. The Morgan fingerprint density at radius 3 is 2.67 bits per heavy atom. The van der Waals surface area contributed by atoms with E-state index < -0.39 is 0 Å². The summed E-state index contributed by atoms with van der Waals surface area (Å²) < 4.78 is 5.63. The largest absolute Gasteiger partial charge is 0.491 e. The molecule has 0 bridgehead atoms. The summed E-state index contributed by atoms with van der Waals surface area (Å²) in [4.78, 5) is 21.7. The van der Waals surface area contributed by atoms with Gasteiger partial charge in [-0.3, -0.25) is 10.2 Å². The van der Waals surface area contributed by atoms with Gasteiger partial charge >= 0.3 is 0 Å². The molecule has 0 unspecified atom stereocenters. The molecular weight excluding hydrogens is 380 g/mol. The normalized spacial score (nSPS) is 10.6. The number of nitrogen functional groups attached to an aromatic ring is 1. The lowest BCUT2D eigenvalue weighted by Gasteiger charge is -2.24. The number of anilines is 2. The van der Waals surface area contributed by atoms with E-state index >= 15 is 0 Å². The number of amidine groups is 1. The van der Waals surface area contributed by atoms with Crippen LogP contribution in [0.1, 0.15) is 25.1 Å². The number of hydrogen-bond donors (Lipinski definition) is 4. The van der Waals surface area contributed by atoms with Gasteiger partial charge in [0.05, 0.1) is 31.2 Å². The number of aromatic nitrogens is 2. The molecule has 3 aromatic rings. The van der Waals surface area contributed by atoms with E-state index in [1.165, 1.54) is 0 Å². The van der Waals surface area contributed by atoms with Crippen LogP contribution in [0.25, 0.3) is 0 Å². The maximum absolute atomic E-state index is 12.7. The second kappa shape index (κ2) is 9.60. The van der Waals surface area contributed by atoms with Crippen LogP contribution in [0.5, 0.6) is 5.75 Å². The molecule has 30 heavy (non-hydrogen) atoms. The van der Waals surface area contributed by atoms with Crippen LogP contribution in [-0.4, -0.2) is 34.4 Å². The summed E-state index contributed by atoms with van der Waals surface area (Å²) in [7, 11) is 0. The zero-order valence-corrected chi connectivity index (χ0v) is 17.1. The van der Waals surface area contributed by atoms with E-state index in [9.17, 15) is 4.79 Å². The van der Waals surface area contributed by atoms with Crippen molar-refractivity contribution in [3.63, 3.8) is 0 Å². The highest BCUT2D eigenvalue weighted by Gasteiger charge is 2.14. The van der Waals surface area contributed by atoms with Crippen molar-refractivity contribution >= 4 is 23.1 Å². The second-order valence-corrected chi connectivity index (χ2v) is 7.14. The number of carbonyl (C=O) groups is 1. The number of imidazole rings is 1. The second-order valence-electron chi connectivity index (χ2n) is 7.14. The van der Waals surface area contributed by atoms with Crippen LogP contribution < -0.4 is 20.7 Å². The maximum Gasteiger partial charge on any atom is 0.243 e. The summed E-state index contributed by atoms with van der Waals surface area (Å²) in [6, 6.07) is 14.5. The highest BCUT2D eigenvalue weighted by atomic mass is 16.5. The summed E-state index contributed by atoms with van der Waals surface area (Å²) in [5.74, 6) is 0.566. The number of benzene rings is 2. The van der Waals surface area contributed by atoms with Gasteiger partial charge in [0.15, 0.2) is 0 Å². The van der Waals surface area contributed by atoms with Crippen molar-refractivity contribution in [1.29, 1.82) is 5.41 Å². The fraction of sp³-hybridized carbons (Fsp3) is 0.227. The molecule has 0 saturated carbocycles. The van der Waals surface area contributed by atoms with Crippen molar-refractivity contribution in [2.75, 3.05) is 16.8 Å². The third-order valence-electron chi connectivity index (χ3n) is 4.28. The smallest absolute Gasteiger partial charge is 0.243 e. The molecule has 0 aliphatic rings. The number of nitrogens with zero attached hydrogens (tertiary/aromatic N) is 2. The number of hydrogen-bond acceptors (Lipinski definition) is 5. The minimum absolute atomic E-state index is 0.0218. The molecule has 0 fully saturated rings. The number of rotatable bonds is 9. The van der Waals surface area contributed by atoms with E-state index in [2.05, 4.69) is 15.3 Å². The Labute approximate surface area is 175 Å². The van der Waals surface area contributed by atoms with E-state index in [0.29, 0.717) is 17.8 Å². The standard InChI is InChI=1S/C22H26N6O2/c1-15(2)30-20-8-6-17(7-9-20)27-21(29)13-28(12-18-11-25-14-26-18)19-5-3-4-16(10-19)22(23)24/h3-11,14-15H,12-13H2,1-2H3,(H3,23,24)(H,25,26)(H,27,29). The molecule has 2 aromatic carbocycles. The van der Waals surface area contributed by atoms with Gasteiger partial charge in [-0.15, -0.1) is 0 Å².